The minimum atomic E-state index is -0.178. The average Bonchev–Trinajstić information content (AvgIpc) is 3.45. The number of hydrogen-bond donors (Lipinski definition) is 2. The lowest BCUT2D eigenvalue weighted by Gasteiger charge is -2.17. The summed E-state index contributed by atoms with van der Waals surface area (Å²) >= 11 is 0. The molecule has 3 aromatic rings. The van der Waals surface area contributed by atoms with Gasteiger partial charge in [0.25, 0.3) is 11.5 Å². The van der Waals surface area contributed by atoms with E-state index in [1.165, 1.54) is 30.0 Å². The first-order valence-electron chi connectivity index (χ1n) is 11.1. The molecule has 2 aliphatic rings. The van der Waals surface area contributed by atoms with Crippen molar-refractivity contribution in [1.29, 1.82) is 0 Å². The zero-order valence-corrected chi connectivity index (χ0v) is 17.4. The molecule has 0 aliphatic heterocycles. The minimum absolute atomic E-state index is 0.178. The molecule has 5 rings (SSSR count). The van der Waals surface area contributed by atoms with Crippen LogP contribution in [-0.2, 0) is 0 Å². The highest BCUT2D eigenvalue weighted by Crippen LogP contribution is 2.32. The Morgan fingerprint density at radius 3 is 2.61 bits per heavy atom. The minimum Gasteiger partial charge on any atom is -0.367 e. The molecule has 2 saturated carbocycles. The van der Waals surface area contributed by atoms with Gasteiger partial charge in [-0.3, -0.25) is 4.79 Å². The Bertz CT molecular complexity index is 1060. The van der Waals surface area contributed by atoms with Crippen LogP contribution >= 0.6 is 0 Å². The van der Waals surface area contributed by atoms with Gasteiger partial charge in [0, 0.05) is 30.3 Å². The quantitative estimate of drug-likeness (QED) is 0.622. The van der Waals surface area contributed by atoms with Crippen LogP contribution in [0.25, 0.3) is 5.69 Å². The summed E-state index contributed by atoms with van der Waals surface area (Å²) in [6.45, 7) is 0. The number of nitrogens with zero attached hydrogens (tertiary/aromatic N) is 5. The fourth-order valence-electron chi connectivity index (χ4n) is 4.59. The molecule has 3 heterocycles. The Kier molecular flexibility index (Phi) is 5.64. The number of aromatic nitrogens is 5. The van der Waals surface area contributed by atoms with Crippen molar-refractivity contribution >= 4 is 11.8 Å². The normalized spacial score (nSPS) is 21.8. The number of anilines is 2. The van der Waals surface area contributed by atoms with E-state index in [-0.39, 0.29) is 5.56 Å². The standard InChI is InChI=1S/C22H27N7O2/c30-20-7-4-12-24-29(20)18-10-11-19(23-14-18)25-16-8-9-17(13-16)26-22-27-21(31-28-22)15-5-2-1-3-6-15/h4,7,10-12,14-17H,1-3,5-6,8-9,13H2,(H,23,25)(H,26,28)/t16-,17-/m0/s1. The highest BCUT2D eigenvalue weighted by Gasteiger charge is 2.27. The maximum Gasteiger partial charge on any atom is 0.271 e. The Morgan fingerprint density at radius 2 is 1.84 bits per heavy atom. The van der Waals surface area contributed by atoms with Crippen LogP contribution in [0.2, 0.25) is 0 Å². The van der Waals surface area contributed by atoms with Crippen LogP contribution in [0.15, 0.2) is 46.0 Å². The van der Waals surface area contributed by atoms with Gasteiger partial charge < -0.3 is 15.2 Å². The van der Waals surface area contributed by atoms with Gasteiger partial charge in [-0.15, -0.1) is 0 Å². The molecular weight excluding hydrogens is 394 g/mol. The summed E-state index contributed by atoms with van der Waals surface area (Å²) in [5.74, 6) is 2.60. The van der Waals surface area contributed by atoms with Gasteiger partial charge in [-0.05, 0) is 55.5 Å². The molecule has 9 nitrogen and oxygen atoms in total. The molecule has 0 bridgehead atoms. The molecule has 2 N–H and O–H groups in total. The lowest BCUT2D eigenvalue weighted by Crippen LogP contribution is -2.22. The van der Waals surface area contributed by atoms with Gasteiger partial charge >= 0.3 is 0 Å². The van der Waals surface area contributed by atoms with Crippen LogP contribution in [0.3, 0.4) is 0 Å². The monoisotopic (exact) mass is 421 g/mol. The second-order valence-electron chi connectivity index (χ2n) is 8.46. The van der Waals surface area contributed by atoms with E-state index in [4.69, 9.17) is 4.52 Å². The summed E-state index contributed by atoms with van der Waals surface area (Å²) in [7, 11) is 0. The smallest absolute Gasteiger partial charge is 0.271 e. The highest BCUT2D eigenvalue weighted by molar-refractivity contribution is 5.41. The lowest BCUT2D eigenvalue weighted by atomic mass is 9.89. The molecule has 9 heteroatoms. The van der Waals surface area contributed by atoms with Crippen molar-refractivity contribution in [2.45, 2.75) is 69.4 Å². The van der Waals surface area contributed by atoms with Gasteiger partial charge in [-0.1, -0.05) is 19.3 Å². The van der Waals surface area contributed by atoms with Crippen molar-refractivity contribution in [3.63, 3.8) is 0 Å². The maximum atomic E-state index is 11.9. The fraction of sp³-hybridized carbons (Fsp3) is 0.500. The van der Waals surface area contributed by atoms with Gasteiger partial charge in [-0.2, -0.15) is 14.8 Å². The Balaban J connectivity index is 1.15. The molecule has 0 spiro atoms. The van der Waals surface area contributed by atoms with E-state index in [0.717, 1.165) is 43.8 Å². The van der Waals surface area contributed by atoms with Crippen LogP contribution in [0.1, 0.15) is 63.2 Å². The molecule has 2 atom stereocenters. The van der Waals surface area contributed by atoms with Gasteiger partial charge in [-0.25, -0.2) is 4.98 Å². The Labute approximate surface area is 180 Å². The molecule has 2 fully saturated rings. The molecule has 0 aromatic carbocycles. The van der Waals surface area contributed by atoms with Crippen molar-refractivity contribution in [2.75, 3.05) is 10.6 Å². The highest BCUT2D eigenvalue weighted by atomic mass is 16.5. The average molecular weight is 422 g/mol. The van der Waals surface area contributed by atoms with Crippen molar-refractivity contribution in [2.24, 2.45) is 0 Å². The summed E-state index contributed by atoms with van der Waals surface area (Å²) in [6, 6.07) is 7.46. The molecule has 0 unspecified atom stereocenters. The van der Waals surface area contributed by atoms with Crippen LogP contribution in [0, 0.1) is 0 Å². The number of rotatable bonds is 6. The largest absolute Gasteiger partial charge is 0.367 e. The van der Waals surface area contributed by atoms with Gasteiger partial charge in [0.05, 0.1) is 11.9 Å². The molecule has 2 aliphatic carbocycles. The predicted octanol–water partition coefficient (Wildman–Crippen LogP) is 3.50. The van der Waals surface area contributed by atoms with Crippen LogP contribution in [0.4, 0.5) is 11.8 Å². The first-order valence-corrected chi connectivity index (χ1v) is 11.1. The Morgan fingerprint density at radius 1 is 1.00 bits per heavy atom. The topological polar surface area (TPSA) is 111 Å². The molecule has 3 aromatic heterocycles. The molecule has 162 valence electrons. The zero-order chi connectivity index (χ0) is 21.0. The van der Waals surface area contributed by atoms with E-state index in [2.05, 4.69) is 30.9 Å². The first-order chi connectivity index (χ1) is 15.2. The SMILES string of the molecule is O=c1cccnn1-c1ccc(N[C@H]2CC[C@H](Nc3noc(C4CCCCC4)n3)C2)nc1. The van der Waals surface area contributed by atoms with Crippen molar-refractivity contribution in [1.82, 2.24) is 24.9 Å². The summed E-state index contributed by atoms with van der Waals surface area (Å²) in [5.41, 5.74) is 0.468. The second-order valence-corrected chi connectivity index (χ2v) is 8.46. The summed E-state index contributed by atoms with van der Waals surface area (Å²) in [4.78, 5) is 20.9. The maximum absolute atomic E-state index is 11.9. The lowest BCUT2D eigenvalue weighted by molar-refractivity contribution is 0.314. The third-order valence-corrected chi connectivity index (χ3v) is 6.22. The van der Waals surface area contributed by atoms with Gasteiger partial charge in [0.2, 0.25) is 5.89 Å². The van der Waals surface area contributed by atoms with Crippen LogP contribution in [0.5, 0.6) is 0 Å². The van der Waals surface area contributed by atoms with Crippen molar-refractivity contribution < 1.29 is 4.52 Å². The zero-order valence-electron chi connectivity index (χ0n) is 17.4. The summed E-state index contributed by atoms with van der Waals surface area (Å²) in [5, 5.41) is 15.1. The van der Waals surface area contributed by atoms with E-state index in [0.29, 0.717) is 29.6 Å². The first kappa shape index (κ1) is 19.7. The fourth-order valence-corrected chi connectivity index (χ4v) is 4.59. The van der Waals surface area contributed by atoms with Crippen molar-refractivity contribution in [3.8, 4) is 5.69 Å². The molecule has 31 heavy (non-hydrogen) atoms. The summed E-state index contributed by atoms with van der Waals surface area (Å²) in [6.07, 6.45) is 12.4. The Hall–Kier alpha value is -3.23. The molecule has 0 amide bonds. The predicted molar refractivity (Wildman–Crippen MR) is 116 cm³/mol. The number of hydrogen-bond acceptors (Lipinski definition) is 8. The molecule has 0 radical (unpaired) electrons. The number of nitrogens with one attached hydrogen (secondary N) is 2. The van der Waals surface area contributed by atoms with Crippen LogP contribution < -0.4 is 16.2 Å². The molecule has 0 saturated heterocycles. The van der Waals surface area contributed by atoms with E-state index in [1.807, 2.05) is 12.1 Å². The van der Waals surface area contributed by atoms with Crippen LogP contribution in [-0.4, -0.2) is 37.0 Å². The third kappa shape index (κ3) is 4.60. The number of pyridine rings is 1. The molecular formula is C22H27N7O2. The van der Waals surface area contributed by atoms with Gasteiger partial charge in [0.15, 0.2) is 0 Å². The van der Waals surface area contributed by atoms with E-state index >= 15 is 0 Å². The van der Waals surface area contributed by atoms with E-state index < -0.39 is 0 Å². The van der Waals surface area contributed by atoms with Gasteiger partial charge in [0.1, 0.15) is 5.82 Å². The second kappa shape index (κ2) is 8.87. The van der Waals surface area contributed by atoms with E-state index in [9.17, 15) is 4.79 Å². The third-order valence-electron chi connectivity index (χ3n) is 6.22. The summed E-state index contributed by atoms with van der Waals surface area (Å²) < 4.78 is 6.85. The van der Waals surface area contributed by atoms with E-state index in [1.54, 1.807) is 18.5 Å². The van der Waals surface area contributed by atoms with Crippen molar-refractivity contribution in [3.05, 3.63) is 52.9 Å².